The second-order valence-corrected chi connectivity index (χ2v) is 8.94. The predicted octanol–water partition coefficient (Wildman–Crippen LogP) is 6.67. The molecular weight excluding hydrogens is 462 g/mol. The highest BCUT2D eigenvalue weighted by atomic mass is 35.5. The lowest BCUT2D eigenvalue weighted by Crippen LogP contribution is -2.24. The van der Waals surface area contributed by atoms with Gasteiger partial charge in [-0.05, 0) is 67.2 Å². The number of rotatable bonds is 8. The quantitative estimate of drug-likeness (QED) is 0.245. The van der Waals surface area contributed by atoms with Gasteiger partial charge in [-0.15, -0.1) is 11.8 Å². The van der Waals surface area contributed by atoms with Crippen molar-refractivity contribution in [2.24, 2.45) is 0 Å². The number of amides is 1. The average Bonchev–Trinajstić information content (AvgIpc) is 2.78. The van der Waals surface area contributed by atoms with Crippen molar-refractivity contribution in [3.8, 4) is 5.75 Å². The molecule has 0 fully saturated rings. The Balaban J connectivity index is 1.62. The summed E-state index contributed by atoms with van der Waals surface area (Å²) >= 11 is 13.0. The third-order valence-corrected chi connectivity index (χ3v) is 6.28. The number of para-hydroxylation sites is 2. The van der Waals surface area contributed by atoms with Crippen LogP contribution in [-0.2, 0) is 4.79 Å². The number of anilines is 3. The highest BCUT2D eigenvalue weighted by Gasteiger charge is 2.18. The Kier molecular flexibility index (Phi) is 8.79. The van der Waals surface area contributed by atoms with Crippen LogP contribution in [0.2, 0.25) is 5.02 Å². The van der Waals surface area contributed by atoms with Crippen LogP contribution in [0.25, 0.3) is 0 Å². The molecule has 0 saturated heterocycles. The fourth-order valence-corrected chi connectivity index (χ4v) is 4.39. The zero-order valence-electron chi connectivity index (χ0n) is 17.7. The van der Waals surface area contributed by atoms with Gasteiger partial charge in [-0.3, -0.25) is 4.79 Å². The molecular formula is C24H24ClN3O2S2. The molecule has 0 aliphatic heterocycles. The number of hydrogen-bond acceptors (Lipinski definition) is 4. The molecule has 0 saturated carbocycles. The molecule has 0 bridgehead atoms. The van der Waals surface area contributed by atoms with Gasteiger partial charge in [-0.25, -0.2) is 0 Å². The van der Waals surface area contributed by atoms with Gasteiger partial charge in [0.25, 0.3) is 0 Å². The highest BCUT2D eigenvalue weighted by molar-refractivity contribution is 8.00. The normalized spacial score (nSPS) is 11.3. The van der Waals surface area contributed by atoms with Crippen molar-refractivity contribution < 1.29 is 9.53 Å². The van der Waals surface area contributed by atoms with Crippen LogP contribution in [0.3, 0.4) is 0 Å². The Morgan fingerprint density at radius 2 is 1.72 bits per heavy atom. The Hall–Kier alpha value is -2.74. The molecule has 0 aliphatic rings. The minimum absolute atomic E-state index is 0.0634. The molecule has 0 aromatic heterocycles. The van der Waals surface area contributed by atoms with Gasteiger partial charge in [-0.1, -0.05) is 42.8 Å². The van der Waals surface area contributed by atoms with Gasteiger partial charge in [0.15, 0.2) is 5.11 Å². The second kappa shape index (κ2) is 11.8. The zero-order valence-corrected chi connectivity index (χ0v) is 20.1. The molecule has 32 heavy (non-hydrogen) atoms. The first kappa shape index (κ1) is 23.9. The molecule has 1 atom stereocenters. The van der Waals surface area contributed by atoms with E-state index in [4.69, 9.17) is 28.6 Å². The van der Waals surface area contributed by atoms with Crippen molar-refractivity contribution in [1.29, 1.82) is 0 Å². The number of carbonyl (C=O) groups excluding carboxylic acids is 1. The Morgan fingerprint density at radius 3 is 2.44 bits per heavy atom. The summed E-state index contributed by atoms with van der Waals surface area (Å²) in [6, 6.07) is 22.5. The molecule has 166 valence electrons. The number of nitrogens with one attached hydrogen (secondary N) is 3. The predicted molar refractivity (Wildman–Crippen MR) is 139 cm³/mol. The maximum absolute atomic E-state index is 12.8. The summed E-state index contributed by atoms with van der Waals surface area (Å²) in [5.74, 6) is 0.643. The zero-order chi connectivity index (χ0) is 22.9. The van der Waals surface area contributed by atoms with Crippen molar-refractivity contribution >= 4 is 63.7 Å². The van der Waals surface area contributed by atoms with Crippen LogP contribution in [0.5, 0.6) is 5.75 Å². The number of benzene rings is 3. The van der Waals surface area contributed by atoms with E-state index in [1.807, 2.05) is 67.6 Å². The number of hydrogen-bond donors (Lipinski definition) is 3. The molecule has 0 aliphatic carbocycles. The number of halogens is 1. The number of carbonyl (C=O) groups is 1. The summed E-state index contributed by atoms with van der Waals surface area (Å²) in [5.41, 5.74) is 2.29. The smallest absolute Gasteiger partial charge is 0.237 e. The van der Waals surface area contributed by atoms with E-state index >= 15 is 0 Å². The molecule has 5 nitrogen and oxygen atoms in total. The highest BCUT2D eigenvalue weighted by Crippen LogP contribution is 2.29. The van der Waals surface area contributed by atoms with Gasteiger partial charge in [0.2, 0.25) is 5.91 Å². The van der Waals surface area contributed by atoms with Crippen LogP contribution in [0, 0.1) is 0 Å². The van der Waals surface area contributed by atoms with Crippen LogP contribution >= 0.6 is 35.6 Å². The summed E-state index contributed by atoms with van der Waals surface area (Å²) in [5, 5.41) is 10.0. The van der Waals surface area contributed by atoms with Gasteiger partial charge in [0.1, 0.15) is 5.75 Å². The number of methoxy groups -OCH3 is 1. The molecule has 3 aromatic carbocycles. The summed E-state index contributed by atoms with van der Waals surface area (Å²) in [4.78, 5) is 13.7. The molecule has 1 unspecified atom stereocenters. The van der Waals surface area contributed by atoms with Crippen molar-refractivity contribution in [3.05, 3.63) is 77.8 Å². The first-order valence-electron chi connectivity index (χ1n) is 10.0. The molecule has 3 N–H and O–H groups in total. The van der Waals surface area contributed by atoms with Crippen molar-refractivity contribution in [3.63, 3.8) is 0 Å². The largest absolute Gasteiger partial charge is 0.495 e. The average molecular weight is 486 g/mol. The minimum Gasteiger partial charge on any atom is -0.495 e. The van der Waals surface area contributed by atoms with Crippen molar-refractivity contribution in [2.45, 2.75) is 23.5 Å². The van der Waals surface area contributed by atoms with Crippen molar-refractivity contribution in [1.82, 2.24) is 0 Å². The molecule has 3 rings (SSSR count). The minimum atomic E-state index is -0.247. The lowest BCUT2D eigenvalue weighted by Gasteiger charge is -2.16. The van der Waals surface area contributed by atoms with Gasteiger partial charge in [0, 0.05) is 21.3 Å². The summed E-state index contributed by atoms with van der Waals surface area (Å²) in [6.45, 7) is 1.99. The topological polar surface area (TPSA) is 62.4 Å². The molecule has 3 aromatic rings. The Bertz CT molecular complexity index is 1090. The molecule has 0 spiro atoms. The number of thiocarbonyl (C=S) groups is 1. The van der Waals surface area contributed by atoms with E-state index in [2.05, 4.69) is 16.0 Å². The van der Waals surface area contributed by atoms with Gasteiger partial charge in [-0.2, -0.15) is 0 Å². The molecule has 0 radical (unpaired) electrons. The summed E-state index contributed by atoms with van der Waals surface area (Å²) in [7, 11) is 1.62. The third-order valence-electron chi connectivity index (χ3n) is 4.48. The van der Waals surface area contributed by atoms with E-state index in [0.29, 0.717) is 28.0 Å². The fraction of sp³-hybridized carbons (Fsp3) is 0.167. The fourth-order valence-electron chi connectivity index (χ4n) is 2.96. The van der Waals surface area contributed by atoms with Crippen LogP contribution in [0.15, 0.2) is 77.7 Å². The molecule has 1 amide bonds. The van der Waals surface area contributed by atoms with Gasteiger partial charge < -0.3 is 20.7 Å². The standard InChI is InChI=1S/C24H24ClN3O2S2/c1-3-22(23(29)26-17-9-6-8-16(25)14-17)32-19-11-7-10-18(15-19)27-24(31)28-20-12-4-5-13-21(20)30-2/h4-15,22H,3H2,1-2H3,(H,26,29)(H2,27,28,31). The van der Waals surface area contributed by atoms with E-state index in [0.717, 1.165) is 16.3 Å². The Morgan fingerprint density at radius 1 is 1.00 bits per heavy atom. The first-order valence-corrected chi connectivity index (χ1v) is 11.7. The summed E-state index contributed by atoms with van der Waals surface area (Å²) < 4.78 is 5.34. The van der Waals surface area contributed by atoms with E-state index in [9.17, 15) is 4.79 Å². The maximum atomic E-state index is 12.8. The maximum Gasteiger partial charge on any atom is 0.237 e. The van der Waals surface area contributed by atoms with Crippen molar-refractivity contribution in [2.75, 3.05) is 23.1 Å². The second-order valence-electron chi connectivity index (χ2n) is 6.82. The van der Waals surface area contributed by atoms with E-state index in [1.165, 1.54) is 11.8 Å². The lowest BCUT2D eigenvalue weighted by atomic mass is 10.2. The SMILES string of the molecule is CCC(Sc1cccc(NC(=S)Nc2ccccc2OC)c1)C(=O)Nc1cccc(Cl)c1. The van der Waals surface area contributed by atoms with E-state index in [1.54, 1.807) is 19.2 Å². The Labute approximate surface area is 202 Å². The van der Waals surface area contributed by atoms with Crippen LogP contribution in [0.1, 0.15) is 13.3 Å². The monoisotopic (exact) mass is 485 g/mol. The van der Waals surface area contributed by atoms with Crippen LogP contribution < -0.4 is 20.7 Å². The number of thioether (sulfide) groups is 1. The van der Waals surface area contributed by atoms with Crippen LogP contribution in [0.4, 0.5) is 17.1 Å². The molecule has 0 heterocycles. The van der Waals surface area contributed by atoms with Gasteiger partial charge >= 0.3 is 0 Å². The molecule has 8 heteroatoms. The van der Waals surface area contributed by atoms with E-state index in [-0.39, 0.29) is 11.2 Å². The lowest BCUT2D eigenvalue weighted by molar-refractivity contribution is -0.115. The van der Waals surface area contributed by atoms with Gasteiger partial charge in [0.05, 0.1) is 18.0 Å². The third kappa shape index (κ3) is 6.88. The summed E-state index contributed by atoms with van der Waals surface area (Å²) in [6.07, 6.45) is 0.683. The first-order chi connectivity index (χ1) is 15.5. The van der Waals surface area contributed by atoms with Crippen LogP contribution in [-0.4, -0.2) is 23.4 Å². The van der Waals surface area contributed by atoms with E-state index < -0.39 is 0 Å². The number of ether oxygens (including phenoxy) is 1.